The molecule has 1 heterocycles. The number of amides is 1. The zero-order valence-corrected chi connectivity index (χ0v) is 17.9. The van der Waals surface area contributed by atoms with Crippen molar-refractivity contribution < 1.29 is 9.53 Å². The number of aromatic nitrogens is 2. The highest BCUT2D eigenvalue weighted by molar-refractivity contribution is 5.92. The predicted molar refractivity (Wildman–Crippen MR) is 126 cm³/mol. The minimum absolute atomic E-state index is 0.110. The topological polar surface area (TPSA) is 84.1 Å². The van der Waals surface area contributed by atoms with E-state index in [4.69, 9.17) is 4.74 Å². The van der Waals surface area contributed by atoms with Gasteiger partial charge in [-0.05, 0) is 48.7 Å². The summed E-state index contributed by atoms with van der Waals surface area (Å²) in [5, 5.41) is 3.51. The van der Waals surface area contributed by atoms with E-state index in [1.54, 1.807) is 6.07 Å². The summed E-state index contributed by atoms with van der Waals surface area (Å²) in [4.78, 5) is 32.0. The first-order valence-corrected chi connectivity index (χ1v) is 10.6. The molecule has 1 amide bonds. The SMILES string of the molecule is Cc1ccc(NC(=O)CCCc2nc3ccccc3c(=O)[nH]2)c(OCc2ccccc2)c1. The van der Waals surface area contributed by atoms with Crippen LogP contribution in [-0.2, 0) is 17.8 Å². The van der Waals surface area contributed by atoms with Gasteiger partial charge in [0.15, 0.2) is 0 Å². The Morgan fingerprint density at radius 3 is 2.66 bits per heavy atom. The van der Waals surface area contributed by atoms with Crippen molar-refractivity contribution >= 4 is 22.5 Å². The van der Waals surface area contributed by atoms with Gasteiger partial charge in [-0.15, -0.1) is 0 Å². The molecule has 32 heavy (non-hydrogen) atoms. The fraction of sp³-hybridized carbons (Fsp3) is 0.192. The molecule has 0 fully saturated rings. The quantitative estimate of drug-likeness (QED) is 0.424. The molecule has 0 aliphatic carbocycles. The fourth-order valence-electron chi connectivity index (χ4n) is 3.47. The molecular formula is C26H25N3O3. The van der Waals surface area contributed by atoms with E-state index >= 15 is 0 Å². The van der Waals surface area contributed by atoms with Gasteiger partial charge in [0.25, 0.3) is 5.56 Å². The van der Waals surface area contributed by atoms with Crippen molar-refractivity contribution in [2.24, 2.45) is 0 Å². The minimum Gasteiger partial charge on any atom is -0.487 e. The maximum Gasteiger partial charge on any atom is 0.258 e. The monoisotopic (exact) mass is 427 g/mol. The van der Waals surface area contributed by atoms with Crippen LogP contribution < -0.4 is 15.6 Å². The third-order valence-corrected chi connectivity index (χ3v) is 5.13. The van der Waals surface area contributed by atoms with Gasteiger partial charge in [0, 0.05) is 12.8 Å². The number of rotatable bonds is 8. The average Bonchev–Trinajstić information content (AvgIpc) is 2.80. The third kappa shape index (κ3) is 5.40. The highest BCUT2D eigenvalue weighted by atomic mass is 16.5. The van der Waals surface area contributed by atoms with E-state index in [-0.39, 0.29) is 11.5 Å². The maximum atomic E-state index is 12.5. The zero-order chi connectivity index (χ0) is 22.3. The zero-order valence-electron chi connectivity index (χ0n) is 17.9. The van der Waals surface area contributed by atoms with E-state index in [9.17, 15) is 9.59 Å². The largest absolute Gasteiger partial charge is 0.487 e. The summed E-state index contributed by atoms with van der Waals surface area (Å²) in [6.07, 6.45) is 1.39. The Morgan fingerprint density at radius 2 is 1.81 bits per heavy atom. The standard InChI is InChI=1S/C26H25N3O3/c1-18-14-15-22(23(16-18)32-17-19-8-3-2-4-9-19)28-25(30)13-7-12-24-27-21-11-6-5-10-20(21)26(31)29-24/h2-6,8-11,14-16H,7,12-13,17H2,1H3,(H,28,30)(H,27,29,31). The molecule has 162 valence electrons. The number of carbonyl (C=O) groups is 1. The number of aryl methyl sites for hydroxylation is 2. The molecule has 0 radical (unpaired) electrons. The molecule has 3 aromatic carbocycles. The Balaban J connectivity index is 1.35. The number of nitrogens with one attached hydrogen (secondary N) is 2. The van der Waals surface area contributed by atoms with E-state index in [2.05, 4.69) is 15.3 Å². The van der Waals surface area contributed by atoms with E-state index < -0.39 is 0 Å². The fourth-order valence-corrected chi connectivity index (χ4v) is 3.47. The van der Waals surface area contributed by atoms with Gasteiger partial charge in [-0.3, -0.25) is 9.59 Å². The second-order valence-corrected chi connectivity index (χ2v) is 7.71. The molecule has 4 rings (SSSR count). The van der Waals surface area contributed by atoms with Crippen molar-refractivity contribution in [3.8, 4) is 5.75 Å². The molecular weight excluding hydrogens is 402 g/mol. The number of nitrogens with zero attached hydrogens (tertiary/aromatic N) is 1. The lowest BCUT2D eigenvalue weighted by Gasteiger charge is -2.13. The highest BCUT2D eigenvalue weighted by Gasteiger charge is 2.10. The number of benzene rings is 3. The van der Waals surface area contributed by atoms with Crippen LogP contribution in [0.1, 0.15) is 29.8 Å². The molecule has 4 aromatic rings. The summed E-state index contributed by atoms with van der Waals surface area (Å²) < 4.78 is 5.97. The van der Waals surface area contributed by atoms with Crippen molar-refractivity contribution in [1.82, 2.24) is 9.97 Å². The number of fused-ring (bicyclic) bond motifs is 1. The van der Waals surface area contributed by atoms with Gasteiger partial charge in [-0.2, -0.15) is 0 Å². The second kappa shape index (κ2) is 9.92. The summed E-state index contributed by atoms with van der Waals surface area (Å²) in [7, 11) is 0. The molecule has 6 nitrogen and oxygen atoms in total. The van der Waals surface area contributed by atoms with Crippen LogP contribution in [-0.4, -0.2) is 15.9 Å². The van der Waals surface area contributed by atoms with Crippen LogP contribution in [0.2, 0.25) is 0 Å². The maximum absolute atomic E-state index is 12.5. The minimum atomic E-state index is -0.157. The summed E-state index contributed by atoms with van der Waals surface area (Å²) >= 11 is 0. The normalized spacial score (nSPS) is 10.8. The summed E-state index contributed by atoms with van der Waals surface area (Å²) in [5.41, 5.74) is 3.26. The van der Waals surface area contributed by atoms with Gasteiger partial charge in [0.05, 0.1) is 16.6 Å². The van der Waals surface area contributed by atoms with Crippen molar-refractivity contribution in [3.05, 3.63) is 100 Å². The lowest BCUT2D eigenvalue weighted by atomic mass is 10.1. The Kier molecular flexibility index (Phi) is 6.60. The number of anilines is 1. The molecule has 0 atom stereocenters. The summed E-state index contributed by atoms with van der Waals surface area (Å²) in [6, 6.07) is 22.8. The molecule has 6 heteroatoms. The first-order chi connectivity index (χ1) is 15.6. The van der Waals surface area contributed by atoms with Gasteiger partial charge >= 0.3 is 0 Å². The van der Waals surface area contributed by atoms with E-state index in [1.165, 1.54) is 0 Å². The molecule has 2 N–H and O–H groups in total. The average molecular weight is 428 g/mol. The lowest BCUT2D eigenvalue weighted by molar-refractivity contribution is -0.116. The number of aromatic amines is 1. The van der Waals surface area contributed by atoms with Crippen molar-refractivity contribution in [2.45, 2.75) is 32.8 Å². The van der Waals surface area contributed by atoms with Gasteiger partial charge in [-0.25, -0.2) is 4.98 Å². The van der Waals surface area contributed by atoms with Crippen molar-refractivity contribution in [3.63, 3.8) is 0 Å². The van der Waals surface area contributed by atoms with E-state index in [0.29, 0.717) is 54.0 Å². The number of H-pyrrole nitrogens is 1. The van der Waals surface area contributed by atoms with Gasteiger partial charge < -0.3 is 15.0 Å². The predicted octanol–water partition coefficient (Wildman–Crippen LogP) is 4.77. The second-order valence-electron chi connectivity index (χ2n) is 7.71. The van der Waals surface area contributed by atoms with Gasteiger partial charge in [-0.1, -0.05) is 48.5 Å². The summed E-state index contributed by atoms with van der Waals surface area (Å²) in [6.45, 7) is 2.41. The number of hydrogen-bond donors (Lipinski definition) is 2. The van der Waals surface area contributed by atoms with Crippen LogP contribution >= 0.6 is 0 Å². The van der Waals surface area contributed by atoms with Crippen LogP contribution in [0.3, 0.4) is 0 Å². The molecule has 0 aliphatic rings. The van der Waals surface area contributed by atoms with Crippen LogP contribution in [0.15, 0.2) is 77.6 Å². The number of carbonyl (C=O) groups excluding carboxylic acids is 1. The Hall–Kier alpha value is -3.93. The first-order valence-electron chi connectivity index (χ1n) is 10.6. The summed E-state index contributed by atoms with van der Waals surface area (Å²) in [5.74, 6) is 1.12. The molecule has 0 saturated heterocycles. The number of ether oxygens (including phenoxy) is 1. The van der Waals surface area contributed by atoms with Crippen molar-refractivity contribution in [1.29, 1.82) is 0 Å². The van der Waals surface area contributed by atoms with Gasteiger partial charge in [0.1, 0.15) is 18.2 Å². The van der Waals surface area contributed by atoms with E-state index in [0.717, 1.165) is 11.1 Å². The molecule has 0 spiro atoms. The molecule has 0 aliphatic heterocycles. The van der Waals surface area contributed by atoms with Crippen LogP contribution in [0, 0.1) is 6.92 Å². The first kappa shape index (κ1) is 21.3. The van der Waals surface area contributed by atoms with Crippen LogP contribution in [0.4, 0.5) is 5.69 Å². The van der Waals surface area contributed by atoms with Crippen LogP contribution in [0.25, 0.3) is 10.9 Å². The molecule has 0 saturated carbocycles. The lowest BCUT2D eigenvalue weighted by Crippen LogP contribution is -2.15. The highest BCUT2D eigenvalue weighted by Crippen LogP contribution is 2.27. The Bertz CT molecular complexity index is 1280. The Labute approximate surface area is 186 Å². The third-order valence-electron chi connectivity index (χ3n) is 5.13. The van der Waals surface area contributed by atoms with Gasteiger partial charge in [0.2, 0.25) is 5.91 Å². The molecule has 0 unspecified atom stereocenters. The van der Waals surface area contributed by atoms with E-state index in [1.807, 2.05) is 73.7 Å². The molecule has 0 bridgehead atoms. The number of hydrogen-bond acceptors (Lipinski definition) is 4. The number of para-hydroxylation sites is 1. The van der Waals surface area contributed by atoms with Crippen molar-refractivity contribution in [2.75, 3.05) is 5.32 Å². The Morgan fingerprint density at radius 1 is 1.03 bits per heavy atom. The smallest absolute Gasteiger partial charge is 0.258 e. The van der Waals surface area contributed by atoms with Crippen LogP contribution in [0.5, 0.6) is 5.75 Å². The molecule has 1 aromatic heterocycles.